The third-order valence-electron chi connectivity index (χ3n) is 8.92. The Morgan fingerprint density at radius 2 is 1.77 bits per heavy atom. The Balaban J connectivity index is 1.14. The molecular formula is C33H31N3O6S. The molecule has 0 radical (unpaired) electrons. The van der Waals surface area contributed by atoms with E-state index in [-0.39, 0.29) is 35.5 Å². The first kappa shape index (κ1) is 27.7. The normalized spacial score (nSPS) is 18.2. The zero-order valence-corrected chi connectivity index (χ0v) is 24.6. The number of ether oxygens (including phenoxy) is 1. The average Bonchev–Trinajstić information content (AvgIpc) is 3.49. The maximum absolute atomic E-state index is 13.9. The maximum atomic E-state index is 13.9. The molecule has 3 aliphatic heterocycles. The molecule has 0 aliphatic carbocycles. The van der Waals surface area contributed by atoms with Gasteiger partial charge in [0.05, 0.1) is 10.6 Å². The summed E-state index contributed by atoms with van der Waals surface area (Å²) < 4.78 is 34.4. The van der Waals surface area contributed by atoms with Gasteiger partial charge in [-0.3, -0.25) is 14.4 Å². The minimum absolute atomic E-state index is 0.0166. The second-order valence-electron chi connectivity index (χ2n) is 11.4. The van der Waals surface area contributed by atoms with Gasteiger partial charge in [0.1, 0.15) is 5.78 Å². The molecule has 9 nitrogen and oxygen atoms in total. The van der Waals surface area contributed by atoms with E-state index in [1.54, 1.807) is 42.3 Å². The molecule has 10 heteroatoms. The van der Waals surface area contributed by atoms with Crippen LogP contribution in [0.3, 0.4) is 0 Å². The number of methoxy groups -OCH3 is 1. The van der Waals surface area contributed by atoms with E-state index >= 15 is 0 Å². The number of amides is 2. The molecule has 3 heterocycles. The Labute approximate surface area is 249 Å². The molecule has 0 saturated carbocycles. The number of Topliss-reactive ketones (excluding diaryl/α,β-unsaturated/α-hetero) is 1. The Morgan fingerprint density at radius 3 is 2.58 bits per heavy atom. The zero-order chi connectivity index (χ0) is 29.9. The highest BCUT2D eigenvalue weighted by Crippen LogP contribution is 2.40. The highest BCUT2D eigenvalue weighted by molar-refractivity contribution is 7.89. The molecule has 0 aromatic heterocycles. The smallest absolute Gasteiger partial charge is 0.258 e. The SMILES string of the molecule is COCCCN1C(=O)c2cccc3c(CC(=O)C4CCCN(S(=O)(=O)c5ccc6c7c(cccc57)C(=O)N6)C4)ccc1c23. The van der Waals surface area contributed by atoms with Crippen molar-refractivity contribution in [2.75, 3.05) is 43.6 Å². The Hall–Kier alpha value is -4.12. The van der Waals surface area contributed by atoms with Crippen LogP contribution in [-0.4, -0.2) is 63.7 Å². The number of carbonyl (C=O) groups excluding carboxylic acids is 3. The quantitative estimate of drug-likeness (QED) is 0.278. The van der Waals surface area contributed by atoms with E-state index in [4.69, 9.17) is 4.74 Å². The van der Waals surface area contributed by atoms with Crippen LogP contribution in [0.2, 0.25) is 0 Å². The van der Waals surface area contributed by atoms with Crippen molar-refractivity contribution >= 4 is 60.5 Å². The van der Waals surface area contributed by atoms with Crippen LogP contribution in [0.1, 0.15) is 45.5 Å². The van der Waals surface area contributed by atoms with E-state index < -0.39 is 15.9 Å². The van der Waals surface area contributed by atoms with Gasteiger partial charge in [-0.2, -0.15) is 4.31 Å². The van der Waals surface area contributed by atoms with Crippen molar-refractivity contribution in [3.8, 4) is 0 Å². The largest absolute Gasteiger partial charge is 0.385 e. The number of benzene rings is 4. The molecule has 2 amide bonds. The number of sulfonamides is 1. The van der Waals surface area contributed by atoms with Crippen LogP contribution >= 0.6 is 0 Å². The number of piperidine rings is 1. The van der Waals surface area contributed by atoms with E-state index in [1.165, 1.54) is 4.31 Å². The number of carbonyl (C=O) groups is 3. The number of nitrogens with zero attached hydrogens (tertiary/aromatic N) is 2. The van der Waals surface area contributed by atoms with Crippen molar-refractivity contribution in [3.05, 3.63) is 77.4 Å². The lowest BCUT2D eigenvalue weighted by Crippen LogP contribution is -2.42. The summed E-state index contributed by atoms with van der Waals surface area (Å²) in [5.41, 5.74) is 3.38. The Kier molecular flexibility index (Phi) is 6.80. The number of rotatable bonds is 9. The van der Waals surface area contributed by atoms with Gasteiger partial charge in [-0.15, -0.1) is 0 Å². The summed E-state index contributed by atoms with van der Waals surface area (Å²) >= 11 is 0. The second kappa shape index (κ2) is 10.6. The monoisotopic (exact) mass is 597 g/mol. The minimum atomic E-state index is -3.92. The first-order valence-electron chi connectivity index (χ1n) is 14.5. The molecule has 0 bridgehead atoms. The fourth-order valence-corrected chi connectivity index (χ4v) is 8.54. The van der Waals surface area contributed by atoms with E-state index in [1.807, 2.05) is 30.3 Å². The predicted octanol–water partition coefficient (Wildman–Crippen LogP) is 4.77. The van der Waals surface area contributed by atoms with Crippen LogP contribution in [0.15, 0.2) is 65.6 Å². The van der Waals surface area contributed by atoms with Gasteiger partial charge in [-0.25, -0.2) is 8.42 Å². The second-order valence-corrected chi connectivity index (χ2v) is 13.3. The summed E-state index contributed by atoms with van der Waals surface area (Å²) in [5.74, 6) is -0.752. The summed E-state index contributed by atoms with van der Waals surface area (Å²) in [5, 5.41) is 5.65. The van der Waals surface area contributed by atoms with Crippen molar-refractivity contribution in [2.24, 2.45) is 5.92 Å². The summed E-state index contributed by atoms with van der Waals surface area (Å²) in [6.45, 7) is 1.54. The van der Waals surface area contributed by atoms with Crippen LogP contribution in [0.25, 0.3) is 21.5 Å². The topological polar surface area (TPSA) is 113 Å². The van der Waals surface area contributed by atoms with Crippen LogP contribution in [0.4, 0.5) is 11.4 Å². The van der Waals surface area contributed by atoms with E-state index in [2.05, 4.69) is 5.32 Å². The molecule has 3 aliphatic rings. The predicted molar refractivity (Wildman–Crippen MR) is 164 cm³/mol. The summed E-state index contributed by atoms with van der Waals surface area (Å²) in [6.07, 6.45) is 2.06. The van der Waals surface area contributed by atoms with Gasteiger partial charge in [-0.1, -0.05) is 30.3 Å². The van der Waals surface area contributed by atoms with Crippen molar-refractivity contribution < 1.29 is 27.5 Å². The zero-order valence-electron chi connectivity index (χ0n) is 23.8. The number of ketones is 1. The third kappa shape index (κ3) is 4.43. The summed E-state index contributed by atoms with van der Waals surface area (Å²) in [6, 6.07) is 17.7. The van der Waals surface area contributed by atoms with Crippen LogP contribution in [0.5, 0.6) is 0 Å². The van der Waals surface area contributed by atoms with Crippen molar-refractivity contribution in [1.29, 1.82) is 0 Å². The molecule has 0 spiro atoms. The van der Waals surface area contributed by atoms with Gasteiger partial charge < -0.3 is 15.0 Å². The highest BCUT2D eigenvalue weighted by atomic mass is 32.2. The molecule has 7 rings (SSSR count). The van der Waals surface area contributed by atoms with E-state index in [9.17, 15) is 22.8 Å². The van der Waals surface area contributed by atoms with Crippen LogP contribution in [0, 0.1) is 5.92 Å². The standard InChI is InChI=1S/C33H31N3O6S/c1-42-17-5-16-36-27-13-11-20(22-7-2-10-25(31(22)27)33(36)39)18-28(37)21-6-4-15-35(19-21)43(40,41)29-14-12-26-30-23(29)8-3-9-24(30)32(38)34-26/h2-3,7-14,21H,4-6,15-19H2,1H3,(H,34,38). The highest BCUT2D eigenvalue weighted by Gasteiger charge is 2.36. The van der Waals surface area contributed by atoms with Gasteiger partial charge in [-0.05, 0) is 60.5 Å². The van der Waals surface area contributed by atoms with Gasteiger partial charge in [0.15, 0.2) is 0 Å². The summed E-state index contributed by atoms with van der Waals surface area (Å²) in [4.78, 5) is 41.1. The molecular weight excluding hydrogens is 566 g/mol. The minimum Gasteiger partial charge on any atom is -0.385 e. The molecule has 1 saturated heterocycles. The first-order chi connectivity index (χ1) is 20.8. The summed E-state index contributed by atoms with van der Waals surface area (Å²) in [7, 11) is -2.28. The molecule has 4 aromatic carbocycles. The molecule has 4 aromatic rings. The fraction of sp³-hybridized carbons (Fsp3) is 0.303. The van der Waals surface area contributed by atoms with Crippen LogP contribution in [-0.2, 0) is 26.0 Å². The van der Waals surface area contributed by atoms with Gasteiger partial charge in [0.2, 0.25) is 10.0 Å². The maximum Gasteiger partial charge on any atom is 0.258 e. The van der Waals surface area contributed by atoms with Crippen molar-refractivity contribution in [2.45, 2.75) is 30.6 Å². The molecule has 43 heavy (non-hydrogen) atoms. The van der Waals surface area contributed by atoms with Crippen molar-refractivity contribution in [3.63, 3.8) is 0 Å². The average molecular weight is 598 g/mol. The molecule has 220 valence electrons. The van der Waals surface area contributed by atoms with E-state index in [0.717, 1.165) is 28.4 Å². The Bertz CT molecular complexity index is 1950. The first-order valence-corrected chi connectivity index (χ1v) is 16.0. The van der Waals surface area contributed by atoms with Crippen LogP contribution < -0.4 is 10.2 Å². The van der Waals surface area contributed by atoms with E-state index in [0.29, 0.717) is 60.1 Å². The molecule has 1 fully saturated rings. The van der Waals surface area contributed by atoms with Gasteiger partial charge in [0, 0.05) is 78.7 Å². The fourth-order valence-electron chi connectivity index (χ4n) is 6.83. The Morgan fingerprint density at radius 1 is 0.977 bits per heavy atom. The van der Waals surface area contributed by atoms with Crippen molar-refractivity contribution in [1.82, 2.24) is 4.31 Å². The van der Waals surface area contributed by atoms with Gasteiger partial charge in [0.25, 0.3) is 11.8 Å². The lowest BCUT2D eigenvalue weighted by atomic mass is 9.89. The number of anilines is 2. The molecule has 1 N–H and O–H groups in total. The third-order valence-corrected chi connectivity index (χ3v) is 10.8. The number of nitrogens with one attached hydrogen (secondary N) is 1. The molecule has 1 unspecified atom stereocenters. The van der Waals surface area contributed by atoms with Gasteiger partial charge >= 0.3 is 0 Å². The number of hydrogen-bond acceptors (Lipinski definition) is 6. The molecule has 1 atom stereocenters. The number of hydrogen-bond donors (Lipinski definition) is 1. The lowest BCUT2D eigenvalue weighted by Gasteiger charge is -2.31. The lowest BCUT2D eigenvalue weighted by molar-refractivity contribution is -0.123.